The van der Waals surface area contributed by atoms with Gasteiger partial charge in [-0.1, -0.05) is 20.3 Å². The summed E-state index contributed by atoms with van der Waals surface area (Å²) in [5.74, 6) is -0.561. The molecule has 0 saturated carbocycles. The van der Waals surface area contributed by atoms with E-state index in [1.165, 1.54) is 5.01 Å². The lowest BCUT2D eigenvalue weighted by molar-refractivity contribution is -0.132. The van der Waals surface area contributed by atoms with Crippen molar-refractivity contribution in [2.45, 2.75) is 59.0 Å². The van der Waals surface area contributed by atoms with E-state index in [2.05, 4.69) is 10.1 Å². The van der Waals surface area contributed by atoms with Gasteiger partial charge in [0.05, 0.1) is 11.8 Å². The van der Waals surface area contributed by atoms with Crippen LogP contribution in [0.1, 0.15) is 60.9 Å². The molecule has 0 spiro atoms. The number of carbonyl (C=O) groups is 1. The van der Waals surface area contributed by atoms with Gasteiger partial charge in [0.2, 0.25) is 11.8 Å². The predicted octanol–water partition coefficient (Wildman–Crippen LogP) is 2.50. The average molecular weight is 404 g/mol. The molecule has 1 aliphatic rings. The maximum atomic E-state index is 12.5. The minimum Gasteiger partial charge on any atom is -0.494 e. The number of nitrogens with one attached hydrogen (secondary N) is 1. The molecule has 2 aromatic heterocycles. The lowest BCUT2D eigenvalue weighted by atomic mass is 10.0. The van der Waals surface area contributed by atoms with Crippen LogP contribution in [0.15, 0.2) is 26.8 Å². The molecule has 2 aromatic rings. The van der Waals surface area contributed by atoms with Crippen molar-refractivity contribution in [2.75, 3.05) is 0 Å². The third kappa shape index (κ3) is 3.66. The third-order valence-electron chi connectivity index (χ3n) is 4.75. The van der Waals surface area contributed by atoms with E-state index in [1.54, 1.807) is 18.3 Å². The van der Waals surface area contributed by atoms with Crippen molar-refractivity contribution in [1.29, 1.82) is 0 Å². The quantitative estimate of drug-likeness (QED) is 0.771. The second-order valence-corrected chi connectivity index (χ2v) is 8.09. The monoisotopic (exact) mass is 404 g/mol. The first-order valence-corrected chi connectivity index (χ1v) is 10.2. The number of hydrogen-bond donors (Lipinski definition) is 2. The highest BCUT2D eigenvalue weighted by Crippen LogP contribution is 2.37. The van der Waals surface area contributed by atoms with E-state index in [1.807, 2.05) is 26.0 Å². The van der Waals surface area contributed by atoms with Crippen LogP contribution < -0.4 is 11.2 Å². The highest BCUT2D eigenvalue weighted by atomic mass is 32.1. The number of aromatic nitrogens is 2. The molecule has 3 heterocycles. The maximum Gasteiger partial charge on any atom is 0.331 e. The summed E-state index contributed by atoms with van der Waals surface area (Å²) in [6.45, 7) is 6.00. The molecule has 1 amide bonds. The van der Waals surface area contributed by atoms with E-state index in [4.69, 9.17) is 0 Å². The zero-order chi connectivity index (χ0) is 20.4. The lowest BCUT2D eigenvalue weighted by Crippen LogP contribution is -2.33. The van der Waals surface area contributed by atoms with Gasteiger partial charge in [-0.15, -0.1) is 11.3 Å². The zero-order valence-electron chi connectivity index (χ0n) is 16.2. The summed E-state index contributed by atoms with van der Waals surface area (Å²) in [7, 11) is 0. The number of aromatic hydroxyl groups is 1. The number of unbranched alkanes of at least 4 members (excludes halogenated alkanes) is 1. The van der Waals surface area contributed by atoms with Gasteiger partial charge in [0.25, 0.3) is 5.56 Å². The number of amides is 1. The molecule has 28 heavy (non-hydrogen) atoms. The van der Waals surface area contributed by atoms with Crippen molar-refractivity contribution in [2.24, 2.45) is 5.10 Å². The number of carbonyl (C=O) groups excluding carboxylic acids is 1. The van der Waals surface area contributed by atoms with Crippen LogP contribution in [0.3, 0.4) is 0 Å². The number of thiophene rings is 1. The summed E-state index contributed by atoms with van der Waals surface area (Å²) < 4.78 is 1.15. The molecule has 0 aliphatic carbocycles. The van der Waals surface area contributed by atoms with E-state index in [9.17, 15) is 19.5 Å². The summed E-state index contributed by atoms with van der Waals surface area (Å²) in [5.41, 5.74) is -1.08. The highest BCUT2D eigenvalue weighted by molar-refractivity contribution is 7.12. The van der Waals surface area contributed by atoms with Gasteiger partial charge in [0.15, 0.2) is 0 Å². The second-order valence-electron chi connectivity index (χ2n) is 6.77. The molecule has 0 radical (unpaired) electrons. The molecule has 0 fully saturated rings. The molecule has 0 unspecified atom stereocenters. The fourth-order valence-corrected chi connectivity index (χ4v) is 4.21. The second kappa shape index (κ2) is 8.14. The topological polar surface area (TPSA) is 108 Å². The lowest BCUT2D eigenvalue weighted by Gasteiger charge is -2.19. The van der Waals surface area contributed by atoms with Crippen LogP contribution in [0.4, 0.5) is 0 Å². The Balaban J connectivity index is 2.07. The summed E-state index contributed by atoms with van der Waals surface area (Å²) in [6.07, 6.45) is 2.09. The Morgan fingerprint density at radius 2 is 2.11 bits per heavy atom. The molecule has 3 rings (SSSR count). The Morgan fingerprint density at radius 1 is 1.36 bits per heavy atom. The molecule has 2 N–H and O–H groups in total. The molecule has 1 atom stereocenters. The fourth-order valence-electron chi connectivity index (χ4n) is 3.25. The van der Waals surface area contributed by atoms with Gasteiger partial charge < -0.3 is 5.11 Å². The first-order chi connectivity index (χ1) is 13.4. The molecular formula is C19H24N4O4S. The predicted molar refractivity (Wildman–Crippen MR) is 108 cm³/mol. The Morgan fingerprint density at radius 3 is 2.71 bits per heavy atom. The van der Waals surface area contributed by atoms with Gasteiger partial charge >= 0.3 is 5.69 Å². The Labute approximate surface area is 166 Å². The molecule has 8 nitrogen and oxygen atoms in total. The molecule has 150 valence electrons. The van der Waals surface area contributed by atoms with Crippen LogP contribution in [0.2, 0.25) is 0 Å². The average Bonchev–Trinajstić information content (AvgIpc) is 3.27. The summed E-state index contributed by atoms with van der Waals surface area (Å²) in [6, 6.07) is 3.60. The number of hydrazone groups is 1. The SMILES string of the molecule is CCCCn1c(O)c(C2=NN(C(=O)CC)[C@H](c3ccc(C)s3)C2)c(=O)[nH]c1=O. The van der Waals surface area contributed by atoms with Gasteiger partial charge in [-0.3, -0.25) is 19.1 Å². The smallest absolute Gasteiger partial charge is 0.331 e. The molecule has 9 heteroatoms. The number of rotatable bonds is 6. The third-order valence-corrected chi connectivity index (χ3v) is 5.86. The molecule has 1 aliphatic heterocycles. The van der Waals surface area contributed by atoms with Crippen LogP contribution in [-0.2, 0) is 11.3 Å². The van der Waals surface area contributed by atoms with E-state index < -0.39 is 17.1 Å². The van der Waals surface area contributed by atoms with Crippen molar-refractivity contribution < 1.29 is 9.90 Å². The first kappa shape index (κ1) is 20.1. The summed E-state index contributed by atoms with van der Waals surface area (Å²) in [4.78, 5) is 41.3. The van der Waals surface area contributed by atoms with Crippen LogP contribution in [0.25, 0.3) is 0 Å². The number of aryl methyl sites for hydroxylation is 1. The minimum absolute atomic E-state index is 0.0413. The van der Waals surface area contributed by atoms with Crippen molar-refractivity contribution in [1.82, 2.24) is 14.6 Å². The molecule has 0 aromatic carbocycles. The van der Waals surface area contributed by atoms with Gasteiger partial charge in [0.1, 0.15) is 5.56 Å². The fraction of sp³-hybridized carbons (Fsp3) is 0.474. The van der Waals surface area contributed by atoms with Crippen molar-refractivity contribution >= 4 is 23.0 Å². The van der Waals surface area contributed by atoms with E-state index in [-0.39, 0.29) is 23.9 Å². The van der Waals surface area contributed by atoms with E-state index in [0.29, 0.717) is 25.1 Å². The number of H-pyrrole nitrogens is 1. The minimum atomic E-state index is -0.694. The molecular weight excluding hydrogens is 380 g/mol. The van der Waals surface area contributed by atoms with Crippen LogP contribution in [0, 0.1) is 6.92 Å². The van der Waals surface area contributed by atoms with E-state index >= 15 is 0 Å². The Kier molecular flexibility index (Phi) is 5.83. The number of hydrogen-bond acceptors (Lipinski definition) is 6. The van der Waals surface area contributed by atoms with Gasteiger partial charge in [-0.05, 0) is 25.5 Å². The normalized spacial score (nSPS) is 16.5. The van der Waals surface area contributed by atoms with Crippen LogP contribution in [-0.4, -0.2) is 31.3 Å². The van der Waals surface area contributed by atoms with Crippen LogP contribution in [0.5, 0.6) is 5.88 Å². The van der Waals surface area contributed by atoms with Gasteiger partial charge in [-0.25, -0.2) is 9.80 Å². The largest absolute Gasteiger partial charge is 0.494 e. The number of nitrogens with zero attached hydrogens (tertiary/aromatic N) is 3. The van der Waals surface area contributed by atoms with Gasteiger partial charge in [0, 0.05) is 29.1 Å². The van der Waals surface area contributed by atoms with Crippen molar-refractivity contribution in [3.05, 3.63) is 48.3 Å². The zero-order valence-corrected chi connectivity index (χ0v) is 17.0. The first-order valence-electron chi connectivity index (χ1n) is 9.39. The maximum absolute atomic E-state index is 12.5. The Bertz CT molecular complexity index is 1030. The summed E-state index contributed by atoms with van der Waals surface area (Å²) in [5, 5.41) is 16.4. The van der Waals surface area contributed by atoms with Crippen molar-refractivity contribution in [3.8, 4) is 5.88 Å². The van der Waals surface area contributed by atoms with Crippen molar-refractivity contribution in [3.63, 3.8) is 0 Å². The molecule has 0 saturated heterocycles. The van der Waals surface area contributed by atoms with Gasteiger partial charge in [-0.2, -0.15) is 5.10 Å². The highest BCUT2D eigenvalue weighted by Gasteiger charge is 2.35. The Hall–Kier alpha value is -2.68. The summed E-state index contributed by atoms with van der Waals surface area (Å²) >= 11 is 1.57. The number of aromatic amines is 1. The molecule has 0 bridgehead atoms. The standard InChI is InChI=1S/C19H24N4O4S/c1-4-6-9-22-18(26)16(17(25)20-19(22)27)12-10-13(14-8-7-11(3)28-14)23(21-12)15(24)5-2/h7-8,13,26H,4-6,9-10H2,1-3H3,(H,20,25,27)/t13-/m0/s1. The van der Waals surface area contributed by atoms with Crippen LogP contribution >= 0.6 is 11.3 Å². The van der Waals surface area contributed by atoms with E-state index in [0.717, 1.165) is 20.7 Å².